The second kappa shape index (κ2) is 12.9. The number of carbonyl (C=O) groups is 1. The number of fused-ring (bicyclic) bond motifs is 5. The van der Waals surface area contributed by atoms with Gasteiger partial charge in [0.05, 0.1) is 24.1 Å². The number of hydrogen-bond donors (Lipinski definition) is 5. The van der Waals surface area contributed by atoms with Crippen molar-refractivity contribution in [1.82, 2.24) is 5.32 Å². The molecule has 44 heavy (non-hydrogen) atoms. The molecule has 0 spiro atoms. The summed E-state index contributed by atoms with van der Waals surface area (Å²) in [7, 11) is -4.27. The van der Waals surface area contributed by atoms with E-state index in [0.29, 0.717) is 19.3 Å². The maximum atomic E-state index is 13.1. The number of rotatable bonds is 10. The molecule has 4 aliphatic carbocycles. The second-order valence-corrected chi connectivity index (χ2v) is 16.9. The summed E-state index contributed by atoms with van der Waals surface area (Å²) in [6.07, 6.45) is 5.87. The fraction of sp³-hybridized carbons (Fsp3) is 0.800. The maximum absolute atomic E-state index is 13.1. The quantitative estimate of drug-likeness (QED) is 0.237. The largest absolute Gasteiger partial charge is 0.393 e. The van der Waals surface area contributed by atoms with Gasteiger partial charge in [0.1, 0.15) is 0 Å². The molecule has 248 valence electrons. The molecular weight excluding hydrogens is 578 g/mol. The number of benzene rings is 1. The zero-order valence-corrected chi connectivity index (χ0v) is 27.8. The van der Waals surface area contributed by atoms with Gasteiger partial charge >= 0.3 is 0 Å². The van der Waals surface area contributed by atoms with Crippen molar-refractivity contribution in [3.05, 3.63) is 35.9 Å². The summed E-state index contributed by atoms with van der Waals surface area (Å²) in [5, 5.41) is 37.3. The highest BCUT2D eigenvalue weighted by atomic mass is 32.2. The molecule has 0 radical (unpaired) electrons. The van der Waals surface area contributed by atoms with Crippen LogP contribution in [-0.2, 0) is 21.3 Å². The van der Waals surface area contributed by atoms with Crippen molar-refractivity contribution < 1.29 is 33.1 Å². The topological polar surface area (TPSA) is 144 Å². The Labute approximate surface area is 264 Å². The Hall–Kier alpha value is -1.52. The van der Waals surface area contributed by atoms with Gasteiger partial charge in [-0.3, -0.25) is 9.35 Å². The van der Waals surface area contributed by atoms with Crippen LogP contribution in [-0.4, -0.2) is 64.3 Å². The van der Waals surface area contributed by atoms with Crippen LogP contribution >= 0.6 is 0 Å². The molecule has 0 aliphatic heterocycles. The molecule has 0 bridgehead atoms. The predicted molar refractivity (Wildman–Crippen MR) is 170 cm³/mol. The highest BCUT2D eigenvalue weighted by Gasteiger charge is 2.67. The van der Waals surface area contributed by atoms with Gasteiger partial charge in [0.15, 0.2) is 0 Å². The molecule has 9 heteroatoms. The molecule has 1 aromatic rings. The Bertz CT molecular complexity index is 1260. The van der Waals surface area contributed by atoms with Crippen LogP contribution < -0.4 is 5.32 Å². The average Bonchev–Trinajstić information content (AvgIpc) is 3.31. The number of hydrogen-bond acceptors (Lipinski definition) is 6. The first-order valence-corrected chi connectivity index (χ1v) is 18.6. The van der Waals surface area contributed by atoms with Gasteiger partial charge in [-0.25, -0.2) is 0 Å². The molecule has 13 atom stereocenters. The summed E-state index contributed by atoms with van der Waals surface area (Å²) in [5.74, 6) is 0.577. The molecule has 0 heterocycles. The van der Waals surface area contributed by atoms with Crippen LogP contribution in [0.4, 0.5) is 0 Å². The van der Waals surface area contributed by atoms with Crippen molar-refractivity contribution in [2.24, 2.45) is 52.3 Å². The fourth-order valence-corrected chi connectivity index (χ4v) is 11.8. The van der Waals surface area contributed by atoms with Crippen LogP contribution in [0.5, 0.6) is 0 Å². The summed E-state index contributed by atoms with van der Waals surface area (Å²) >= 11 is 0. The summed E-state index contributed by atoms with van der Waals surface area (Å²) in [6, 6.07) is 8.58. The smallest absolute Gasteiger partial charge is 0.266 e. The van der Waals surface area contributed by atoms with Crippen molar-refractivity contribution in [3.8, 4) is 0 Å². The van der Waals surface area contributed by atoms with E-state index in [1.165, 1.54) is 0 Å². The van der Waals surface area contributed by atoms with Crippen LogP contribution in [0, 0.1) is 52.3 Å². The highest BCUT2D eigenvalue weighted by Crippen LogP contribution is 2.69. The van der Waals surface area contributed by atoms with Crippen LogP contribution in [0.25, 0.3) is 0 Å². The third kappa shape index (κ3) is 6.38. The van der Waals surface area contributed by atoms with Crippen molar-refractivity contribution in [2.75, 3.05) is 5.75 Å². The van der Waals surface area contributed by atoms with Gasteiger partial charge < -0.3 is 20.6 Å². The Morgan fingerprint density at radius 2 is 1.73 bits per heavy atom. The molecule has 5 N–H and O–H groups in total. The van der Waals surface area contributed by atoms with E-state index < -0.39 is 34.1 Å². The summed E-state index contributed by atoms with van der Waals surface area (Å²) in [4.78, 5) is 13.1. The van der Waals surface area contributed by atoms with Gasteiger partial charge in [-0.2, -0.15) is 8.42 Å². The minimum Gasteiger partial charge on any atom is -0.393 e. The Kier molecular flexibility index (Phi) is 9.95. The second-order valence-electron chi connectivity index (χ2n) is 15.4. The standard InChI is InChI=1S/C35H55NO7S/c1-5-25-28-18-24(37)15-16-34(28,3)29-19-30(38)35(4)26(12-13-27(35)32(29)33(25)40)21(2)11-14-31(39)36-23(20-44(41,42)43)17-22-9-7-6-8-10-22/h6-10,21,23-30,32-33,37-38,40H,5,11-20H2,1-4H3,(H,36,39)(H,41,42,43)/t21-,23+,24-,25-,26-,27+,28+,29+,30+,32+,33-,34+,35-/m1/s1. The number of aliphatic hydroxyl groups is 3. The van der Waals surface area contributed by atoms with Crippen molar-refractivity contribution in [3.63, 3.8) is 0 Å². The first-order valence-electron chi connectivity index (χ1n) is 17.0. The molecule has 0 unspecified atom stereocenters. The van der Waals surface area contributed by atoms with E-state index in [1.807, 2.05) is 30.3 Å². The average molecular weight is 634 g/mol. The third-order valence-electron chi connectivity index (χ3n) is 13.2. The lowest BCUT2D eigenvalue weighted by atomic mass is 9.41. The van der Waals surface area contributed by atoms with E-state index in [4.69, 9.17) is 0 Å². The first kappa shape index (κ1) is 33.8. The van der Waals surface area contributed by atoms with Gasteiger partial charge in [0.25, 0.3) is 10.1 Å². The van der Waals surface area contributed by atoms with Gasteiger partial charge in [0, 0.05) is 12.5 Å². The van der Waals surface area contributed by atoms with Crippen molar-refractivity contribution >= 4 is 16.0 Å². The maximum Gasteiger partial charge on any atom is 0.266 e. The zero-order valence-electron chi connectivity index (χ0n) is 26.9. The highest BCUT2D eigenvalue weighted by molar-refractivity contribution is 7.85. The van der Waals surface area contributed by atoms with Gasteiger partial charge in [-0.1, -0.05) is 64.4 Å². The van der Waals surface area contributed by atoms with E-state index in [-0.39, 0.29) is 70.7 Å². The van der Waals surface area contributed by atoms with Gasteiger partial charge in [-0.15, -0.1) is 0 Å². The molecule has 5 rings (SSSR count). The molecule has 4 saturated carbocycles. The normalized spacial score (nSPS) is 41.6. The monoisotopic (exact) mass is 633 g/mol. The molecule has 0 saturated heterocycles. The van der Waals surface area contributed by atoms with Gasteiger partial charge in [0.2, 0.25) is 5.91 Å². The van der Waals surface area contributed by atoms with Gasteiger partial charge in [-0.05, 0) is 109 Å². The van der Waals surface area contributed by atoms with E-state index >= 15 is 0 Å². The summed E-state index contributed by atoms with van der Waals surface area (Å²) in [5.41, 5.74) is 0.532. The lowest BCUT2D eigenvalue weighted by Crippen LogP contribution is -2.65. The predicted octanol–water partition coefficient (Wildman–Crippen LogP) is 4.62. The van der Waals surface area contributed by atoms with Crippen molar-refractivity contribution in [2.45, 2.75) is 116 Å². The number of amides is 1. The Morgan fingerprint density at radius 1 is 1.02 bits per heavy atom. The molecule has 1 amide bonds. The van der Waals surface area contributed by atoms with Crippen LogP contribution in [0.2, 0.25) is 0 Å². The minimum atomic E-state index is -4.27. The molecule has 1 aromatic carbocycles. The SMILES string of the molecule is CC[C@H]1[C@@H](O)[C@@H]2[C@H](C[C@H](O)[C@]3(C)[C@@H]([C@H](C)CCC(=O)N[C@@H](Cc4ccccc4)CS(=O)(=O)O)CC[C@@H]23)[C@@]2(C)CC[C@@H](O)C[C@@H]12. The Balaban J connectivity index is 1.27. The first-order chi connectivity index (χ1) is 20.7. The molecule has 4 aliphatic rings. The van der Waals surface area contributed by atoms with E-state index in [0.717, 1.165) is 44.1 Å². The molecule has 8 nitrogen and oxygen atoms in total. The molecule has 0 aromatic heterocycles. The van der Waals surface area contributed by atoms with Crippen LogP contribution in [0.3, 0.4) is 0 Å². The van der Waals surface area contributed by atoms with E-state index in [1.54, 1.807) is 0 Å². The lowest BCUT2D eigenvalue weighted by Gasteiger charge is -2.65. The molecule has 4 fully saturated rings. The number of nitrogens with one attached hydrogen (secondary N) is 1. The summed E-state index contributed by atoms with van der Waals surface area (Å²) < 4.78 is 32.9. The fourth-order valence-electron chi connectivity index (χ4n) is 11.1. The molecular formula is C35H55NO7S. The van der Waals surface area contributed by atoms with Crippen LogP contribution in [0.15, 0.2) is 30.3 Å². The van der Waals surface area contributed by atoms with E-state index in [2.05, 4.69) is 33.0 Å². The lowest BCUT2D eigenvalue weighted by molar-refractivity contribution is -0.228. The zero-order chi connectivity index (χ0) is 32.0. The van der Waals surface area contributed by atoms with E-state index in [9.17, 15) is 33.1 Å². The minimum absolute atomic E-state index is 0.00619. The van der Waals surface area contributed by atoms with Crippen LogP contribution in [0.1, 0.15) is 91.0 Å². The Morgan fingerprint density at radius 3 is 2.39 bits per heavy atom. The van der Waals surface area contributed by atoms with Crippen molar-refractivity contribution in [1.29, 1.82) is 0 Å². The summed E-state index contributed by atoms with van der Waals surface area (Å²) in [6.45, 7) is 8.92. The number of aliphatic hydroxyl groups excluding tert-OH is 3. The third-order valence-corrected chi connectivity index (χ3v) is 14.0. The number of carbonyl (C=O) groups excluding carboxylic acids is 1.